The van der Waals surface area contributed by atoms with Crippen molar-refractivity contribution in [3.63, 3.8) is 0 Å². The molecule has 13 heavy (non-hydrogen) atoms. The maximum Gasteiger partial charge on any atom is 0.213 e. The lowest BCUT2D eigenvalue weighted by Gasteiger charge is -2.23. The number of hydrogen-bond acceptors (Lipinski definition) is 3. The SMILES string of the molecule is CCCN(CCN(C)C)C(N)=NN. The van der Waals surface area contributed by atoms with Crippen molar-refractivity contribution < 1.29 is 0 Å². The molecule has 0 rings (SSSR count). The lowest BCUT2D eigenvalue weighted by molar-refractivity contribution is 0.326. The summed E-state index contributed by atoms with van der Waals surface area (Å²) in [4.78, 5) is 4.09. The van der Waals surface area contributed by atoms with Gasteiger partial charge in [-0.3, -0.25) is 0 Å². The number of nitrogens with zero attached hydrogens (tertiary/aromatic N) is 3. The smallest absolute Gasteiger partial charge is 0.213 e. The highest BCUT2D eigenvalue weighted by atomic mass is 15.3. The van der Waals surface area contributed by atoms with E-state index in [-0.39, 0.29) is 0 Å². The van der Waals surface area contributed by atoms with E-state index in [4.69, 9.17) is 11.6 Å². The molecule has 5 nitrogen and oxygen atoms in total. The molecule has 0 amide bonds. The summed E-state index contributed by atoms with van der Waals surface area (Å²) in [5.41, 5.74) is 5.62. The van der Waals surface area contributed by atoms with Crippen LogP contribution in [0.3, 0.4) is 0 Å². The van der Waals surface area contributed by atoms with Crippen molar-refractivity contribution >= 4 is 5.96 Å². The van der Waals surface area contributed by atoms with E-state index in [2.05, 4.69) is 16.9 Å². The molecule has 4 N–H and O–H groups in total. The molecule has 0 aliphatic heterocycles. The van der Waals surface area contributed by atoms with Gasteiger partial charge in [0.15, 0.2) is 0 Å². The molecule has 0 aromatic heterocycles. The minimum Gasteiger partial charge on any atom is -0.368 e. The summed E-state index contributed by atoms with van der Waals surface area (Å²) in [6, 6.07) is 0. The van der Waals surface area contributed by atoms with E-state index in [1.807, 2.05) is 19.0 Å². The molecule has 0 bridgehead atoms. The number of nitrogens with two attached hydrogens (primary N) is 2. The Morgan fingerprint density at radius 1 is 1.23 bits per heavy atom. The molecule has 0 aliphatic carbocycles. The second-order valence-corrected chi connectivity index (χ2v) is 3.28. The average Bonchev–Trinajstić information content (AvgIpc) is 2.10. The number of hydrogen-bond donors (Lipinski definition) is 2. The summed E-state index contributed by atoms with van der Waals surface area (Å²) in [7, 11) is 4.06. The third-order valence-corrected chi connectivity index (χ3v) is 1.77. The highest BCUT2D eigenvalue weighted by molar-refractivity contribution is 5.77. The first-order valence-corrected chi connectivity index (χ1v) is 4.54. The Labute approximate surface area is 80.4 Å². The molecule has 0 fully saturated rings. The number of hydrazone groups is 1. The van der Waals surface area contributed by atoms with Crippen LogP contribution in [0, 0.1) is 0 Å². The topological polar surface area (TPSA) is 70.9 Å². The van der Waals surface area contributed by atoms with Gasteiger partial charge in [0, 0.05) is 19.6 Å². The van der Waals surface area contributed by atoms with E-state index in [1.54, 1.807) is 0 Å². The molecule has 0 radical (unpaired) electrons. The van der Waals surface area contributed by atoms with Gasteiger partial charge in [0.05, 0.1) is 0 Å². The highest BCUT2D eigenvalue weighted by Gasteiger charge is 2.05. The van der Waals surface area contributed by atoms with E-state index in [0.717, 1.165) is 26.1 Å². The van der Waals surface area contributed by atoms with Crippen LogP contribution < -0.4 is 11.6 Å². The largest absolute Gasteiger partial charge is 0.368 e. The lowest BCUT2D eigenvalue weighted by atomic mass is 10.4. The third-order valence-electron chi connectivity index (χ3n) is 1.77. The fourth-order valence-corrected chi connectivity index (χ4v) is 1.01. The van der Waals surface area contributed by atoms with E-state index >= 15 is 0 Å². The Morgan fingerprint density at radius 2 is 1.85 bits per heavy atom. The summed E-state index contributed by atoms with van der Waals surface area (Å²) in [5, 5.41) is 3.49. The zero-order valence-corrected chi connectivity index (χ0v) is 8.82. The van der Waals surface area contributed by atoms with Gasteiger partial charge in [-0.25, -0.2) is 0 Å². The Balaban J connectivity index is 3.94. The van der Waals surface area contributed by atoms with Crippen LogP contribution in [0.5, 0.6) is 0 Å². The zero-order valence-electron chi connectivity index (χ0n) is 8.82. The van der Waals surface area contributed by atoms with Crippen molar-refractivity contribution in [2.24, 2.45) is 16.7 Å². The van der Waals surface area contributed by atoms with Gasteiger partial charge in [-0.15, -0.1) is 5.10 Å². The molecular formula is C8H21N5. The molecule has 0 heterocycles. The van der Waals surface area contributed by atoms with E-state index < -0.39 is 0 Å². The quantitative estimate of drug-likeness (QED) is 0.262. The van der Waals surface area contributed by atoms with Crippen molar-refractivity contribution in [1.29, 1.82) is 0 Å². The highest BCUT2D eigenvalue weighted by Crippen LogP contribution is 1.91. The molecule has 0 saturated carbocycles. The zero-order chi connectivity index (χ0) is 10.3. The molecule has 0 unspecified atom stereocenters. The van der Waals surface area contributed by atoms with E-state index in [0.29, 0.717) is 5.96 Å². The van der Waals surface area contributed by atoms with Gasteiger partial charge in [-0.05, 0) is 20.5 Å². The molecule has 0 aromatic rings. The number of rotatable bonds is 5. The van der Waals surface area contributed by atoms with Crippen LogP contribution in [-0.4, -0.2) is 49.5 Å². The first-order valence-electron chi connectivity index (χ1n) is 4.54. The first kappa shape index (κ1) is 12.0. The third kappa shape index (κ3) is 5.30. The fourth-order valence-electron chi connectivity index (χ4n) is 1.01. The monoisotopic (exact) mass is 187 g/mol. The van der Waals surface area contributed by atoms with E-state index in [1.165, 1.54) is 0 Å². The van der Waals surface area contributed by atoms with Gasteiger partial charge in [-0.1, -0.05) is 6.92 Å². The second-order valence-electron chi connectivity index (χ2n) is 3.28. The minimum absolute atomic E-state index is 0.420. The second kappa shape index (κ2) is 6.54. The van der Waals surface area contributed by atoms with Crippen molar-refractivity contribution in [2.45, 2.75) is 13.3 Å². The molecule has 0 aromatic carbocycles. The molecule has 0 aliphatic rings. The van der Waals surface area contributed by atoms with Crippen LogP contribution in [-0.2, 0) is 0 Å². The van der Waals surface area contributed by atoms with Crippen LogP contribution in [0.15, 0.2) is 5.10 Å². The van der Waals surface area contributed by atoms with Crippen molar-refractivity contribution in [1.82, 2.24) is 9.80 Å². The normalized spacial score (nSPS) is 12.2. The van der Waals surface area contributed by atoms with Gasteiger partial charge >= 0.3 is 0 Å². The minimum atomic E-state index is 0.420. The van der Waals surface area contributed by atoms with Crippen molar-refractivity contribution in [3.05, 3.63) is 0 Å². The molecular weight excluding hydrogens is 166 g/mol. The van der Waals surface area contributed by atoms with Gasteiger partial charge < -0.3 is 21.4 Å². The van der Waals surface area contributed by atoms with E-state index in [9.17, 15) is 0 Å². The Bertz CT molecular complexity index is 155. The molecule has 0 saturated heterocycles. The van der Waals surface area contributed by atoms with Gasteiger partial charge in [0.1, 0.15) is 0 Å². The molecule has 0 atom stereocenters. The van der Waals surface area contributed by atoms with Crippen LogP contribution >= 0.6 is 0 Å². The van der Waals surface area contributed by atoms with Crippen molar-refractivity contribution in [3.8, 4) is 0 Å². The summed E-state index contributed by atoms with van der Waals surface area (Å²) in [6.45, 7) is 4.83. The number of guanidine groups is 1. The van der Waals surface area contributed by atoms with Crippen LogP contribution in [0.25, 0.3) is 0 Å². The van der Waals surface area contributed by atoms with Crippen LogP contribution in [0.2, 0.25) is 0 Å². The maximum atomic E-state index is 5.62. The van der Waals surface area contributed by atoms with Gasteiger partial charge in [0.2, 0.25) is 5.96 Å². The van der Waals surface area contributed by atoms with Crippen LogP contribution in [0.4, 0.5) is 0 Å². The van der Waals surface area contributed by atoms with Gasteiger partial charge in [0.25, 0.3) is 0 Å². The van der Waals surface area contributed by atoms with Gasteiger partial charge in [-0.2, -0.15) is 0 Å². The molecule has 5 heteroatoms. The predicted octanol–water partition coefficient (Wildman–Crippen LogP) is -0.552. The molecule has 78 valence electrons. The average molecular weight is 187 g/mol. The standard InChI is InChI=1S/C8H21N5/c1-4-5-13(8(9)11-10)7-6-12(2)3/h4-7,10H2,1-3H3,(H2,9,11). The van der Waals surface area contributed by atoms with Crippen LogP contribution in [0.1, 0.15) is 13.3 Å². The Morgan fingerprint density at radius 3 is 2.23 bits per heavy atom. The Kier molecular flexibility index (Phi) is 6.05. The Hall–Kier alpha value is -0.970. The summed E-state index contributed by atoms with van der Waals surface area (Å²) in [5.74, 6) is 5.54. The molecule has 0 spiro atoms. The predicted molar refractivity (Wildman–Crippen MR) is 56.2 cm³/mol. The van der Waals surface area contributed by atoms with Crippen molar-refractivity contribution in [2.75, 3.05) is 33.7 Å². The maximum absolute atomic E-state index is 5.62. The summed E-state index contributed by atoms with van der Waals surface area (Å²) < 4.78 is 0. The number of likely N-dealkylation sites (N-methyl/N-ethyl adjacent to an activating group) is 1. The summed E-state index contributed by atoms with van der Waals surface area (Å²) in [6.07, 6.45) is 1.05. The summed E-state index contributed by atoms with van der Waals surface area (Å²) >= 11 is 0. The first-order chi connectivity index (χ1) is 6.11. The lowest BCUT2D eigenvalue weighted by Crippen LogP contribution is -2.42. The fraction of sp³-hybridized carbons (Fsp3) is 0.875.